The number of hydrogen-bond acceptors (Lipinski definition) is 2. The lowest BCUT2D eigenvalue weighted by molar-refractivity contribution is 0.660. The lowest BCUT2D eigenvalue weighted by atomic mass is 9.82. The smallest absolute Gasteiger partial charge is 0.136 e. The second-order valence-corrected chi connectivity index (χ2v) is 15.3. The quantitative estimate of drug-likeness (QED) is 0.183. The van der Waals surface area contributed by atoms with Crippen LogP contribution in [0.15, 0.2) is 174 Å². The predicted octanol–water partition coefficient (Wildman–Crippen LogP) is 14.2. The van der Waals surface area contributed by atoms with E-state index in [0.29, 0.717) is 0 Å². The van der Waals surface area contributed by atoms with Crippen LogP contribution in [-0.2, 0) is 5.41 Å². The Labute approximate surface area is 312 Å². The van der Waals surface area contributed by atoms with Crippen molar-refractivity contribution in [2.24, 2.45) is 0 Å². The van der Waals surface area contributed by atoms with E-state index < -0.39 is 0 Å². The summed E-state index contributed by atoms with van der Waals surface area (Å²) in [7, 11) is 0. The largest absolute Gasteiger partial charge is 0.456 e. The Balaban J connectivity index is 1.11. The van der Waals surface area contributed by atoms with Crippen LogP contribution in [0.3, 0.4) is 0 Å². The van der Waals surface area contributed by atoms with Gasteiger partial charge < -0.3 is 13.7 Å². The van der Waals surface area contributed by atoms with E-state index >= 15 is 0 Å². The van der Waals surface area contributed by atoms with Crippen LogP contribution < -0.4 is 4.90 Å². The Kier molecular flexibility index (Phi) is 5.84. The number of anilines is 3. The maximum absolute atomic E-state index is 6.27. The van der Waals surface area contributed by atoms with Crippen LogP contribution in [0, 0.1) is 0 Å². The summed E-state index contributed by atoms with van der Waals surface area (Å²) in [4.78, 5) is 2.47. The third kappa shape index (κ3) is 3.85. The fraction of sp³-hybridized carbons (Fsp3) is 0.0588. The number of nitrogens with zero attached hydrogens (tertiary/aromatic N) is 2. The first-order valence-corrected chi connectivity index (χ1v) is 18.8. The van der Waals surface area contributed by atoms with Crippen molar-refractivity contribution in [1.82, 2.24) is 4.40 Å². The standard InChI is InChI=1S/C51H34N2O/c1-51(2)41-18-6-3-12-35(41)40-30-33(28-29-42(40)51)52(32-26-24-31(25-27-32)34-15-10-23-47-48(34)38-14-5-8-22-46(38)54-47)44-20-11-21-45-49(44)39-17-9-16-37-36-13-4-7-19-43(36)53(45)50(37)39/h3-30H,1-2H3. The molecule has 0 saturated carbocycles. The van der Waals surface area contributed by atoms with Crippen LogP contribution in [0.2, 0.25) is 0 Å². The van der Waals surface area contributed by atoms with E-state index in [4.69, 9.17) is 4.42 Å². The number of hydrogen-bond donors (Lipinski definition) is 0. The molecule has 0 aliphatic heterocycles. The van der Waals surface area contributed by atoms with Gasteiger partial charge in [0, 0.05) is 49.1 Å². The summed E-state index contributed by atoms with van der Waals surface area (Å²) in [6.07, 6.45) is 0. The van der Waals surface area contributed by atoms with Crippen molar-refractivity contribution < 1.29 is 4.42 Å². The summed E-state index contributed by atoms with van der Waals surface area (Å²) in [6.45, 7) is 4.70. The van der Waals surface area contributed by atoms with Crippen LogP contribution in [0.5, 0.6) is 0 Å². The van der Waals surface area contributed by atoms with Crippen molar-refractivity contribution in [3.8, 4) is 22.3 Å². The highest BCUT2D eigenvalue weighted by Gasteiger charge is 2.35. The highest BCUT2D eigenvalue weighted by molar-refractivity contribution is 6.26. The van der Waals surface area contributed by atoms with Gasteiger partial charge >= 0.3 is 0 Å². The molecule has 0 saturated heterocycles. The molecule has 0 spiro atoms. The highest BCUT2D eigenvalue weighted by atomic mass is 16.3. The molecule has 254 valence electrons. The minimum Gasteiger partial charge on any atom is -0.456 e. The van der Waals surface area contributed by atoms with Crippen molar-refractivity contribution >= 4 is 77.1 Å². The van der Waals surface area contributed by atoms with Gasteiger partial charge in [-0.2, -0.15) is 0 Å². The average Bonchev–Trinajstić information content (AvgIpc) is 3.94. The Morgan fingerprint density at radius 3 is 2.02 bits per heavy atom. The number of fused-ring (bicyclic) bond motifs is 12. The van der Waals surface area contributed by atoms with E-state index in [9.17, 15) is 0 Å². The Hall–Kier alpha value is -6.84. The molecule has 0 radical (unpaired) electrons. The number of aromatic nitrogens is 1. The van der Waals surface area contributed by atoms with Gasteiger partial charge in [0.1, 0.15) is 11.2 Å². The lowest BCUT2D eigenvalue weighted by Crippen LogP contribution is -2.15. The lowest BCUT2D eigenvalue weighted by Gasteiger charge is -2.28. The second-order valence-electron chi connectivity index (χ2n) is 15.3. The van der Waals surface area contributed by atoms with Crippen LogP contribution in [0.25, 0.3) is 82.3 Å². The van der Waals surface area contributed by atoms with Gasteiger partial charge in [-0.25, -0.2) is 0 Å². The molecule has 3 nitrogen and oxygen atoms in total. The highest BCUT2D eigenvalue weighted by Crippen LogP contribution is 2.52. The molecule has 0 unspecified atom stereocenters. The third-order valence-electron chi connectivity index (χ3n) is 12.1. The first-order valence-electron chi connectivity index (χ1n) is 18.8. The molecule has 8 aromatic carbocycles. The summed E-state index contributed by atoms with van der Waals surface area (Å²) in [6, 6.07) is 62.2. The fourth-order valence-electron chi connectivity index (χ4n) is 9.73. The van der Waals surface area contributed by atoms with E-state index in [1.54, 1.807) is 0 Å². The molecule has 0 atom stereocenters. The van der Waals surface area contributed by atoms with E-state index in [0.717, 1.165) is 44.6 Å². The minimum atomic E-state index is -0.0660. The number of furan rings is 1. The Morgan fingerprint density at radius 2 is 1.11 bits per heavy atom. The monoisotopic (exact) mass is 690 g/mol. The van der Waals surface area contributed by atoms with Crippen molar-refractivity contribution in [2.75, 3.05) is 4.90 Å². The van der Waals surface area contributed by atoms with Gasteiger partial charge in [0.05, 0.1) is 22.2 Å². The topological polar surface area (TPSA) is 20.8 Å². The molecule has 1 aliphatic carbocycles. The van der Waals surface area contributed by atoms with E-state index in [1.807, 2.05) is 6.07 Å². The number of rotatable bonds is 4. The normalized spacial score (nSPS) is 13.5. The molecule has 0 fully saturated rings. The maximum atomic E-state index is 6.27. The van der Waals surface area contributed by atoms with Crippen molar-refractivity contribution in [1.29, 1.82) is 0 Å². The van der Waals surface area contributed by atoms with Gasteiger partial charge in [0.2, 0.25) is 0 Å². The van der Waals surface area contributed by atoms with Gasteiger partial charge in [-0.15, -0.1) is 0 Å². The SMILES string of the molecule is CC1(C)c2ccccc2-c2cc(N(c3ccc(-c4cccc5oc6ccccc6c45)cc3)c3cccc4c3c3cccc5c6ccccc6n4c53)ccc21. The summed E-state index contributed by atoms with van der Waals surface area (Å²) < 4.78 is 8.74. The Morgan fingerprint density at radius 1 is 0.463 bits per heavy atom. The van der Waals surface area contributed by atoms with Crippen molar-refractivity contribution in [3.63, 3.8) is 0 Å². The molecule has 3 heterocycles. The van der Waals surface area contributed by atoms with Gasteiger partial charge in [0.25, 0.3) is 0 Å². The van der Waals surface area contributed by atoms with Crippen LogP contribution in [0.4, 0.5) is 17.1 Å². The molecule has 12 rings (SSSR count). The van der Waals surface area contributed by atoms with Crippen LogP contribution >= 0.6 is 0 Å². The third-order valence-corrected chi connectivity index (χ3v) is 12.1. The fourth-order valence-corrected chi connectivity index (χ4v) is 9.73. The molecule has 3 heteroatoms. The zero-order chi connectivity index (χ0) is 35.7. The van der Waals surface area contributed by atoms with Gasteiger partial charge in [0.15, 0.2) is 0 Å². The summed E-state index contributed by atoms with van der Waals surface area (Å²) in [5, 5.41) is 7.39. The van der Waals surface area contributed by atoms with Gasteiger partial charge in [-0.05, 0) is 88.0 Å². The second kappa shape index (κ2) is 10.6. The van der Waals surface area contributed by atoms with E-state index in [2.05, 4.69) is 187 Å². The number of benzene rings is 8. The van der Waals surface area contributed by atoms with E-state index in [-0.39, 0.29) is 5.41 Å². The zero-order valence-electron chi connectivity index (χ0n) is 30.0. The molecular formula is C51H34N2O. The molecule has 54 heavy (non-hydrogen) atoms. The molecular weight excluding hydrogens is 657 g/mol. The average molecular weight is 691 g/mol. The summed E-state index contributed by atoms with van der Waals surface area (Å²) in [5.74, 6) is 0. The Bertz CT molecular complexity index is 3310. The molecule has 0 bridgehead atoms. The summed E-state index contributed by atoms with van der Waals surface area (Å²) >= 11 is 0. The van der Waals surface area contributed by atoms with Gasteiger partial charge in [-0.3, -0.25) is 0 Å². The molecule has 11 aromatic rings. The molecule has 1 aliphatic rings. The van der Waals surface area contributed by atoms with Crippen LogP contribution in [-0.4, -0.2) is 4.40 Å². The van der Waals surface area contributed by atoms with Crippen LogP contribution in [0.1, 0.15) is 25.0 Å². The molecule has 0 amide bonds. The predicted molar refractivity (Wildman–Crippen MR) is 226 cm³/mol. The minimum absolute atomic E-state index is 0.0660. The van der Waals surface area contributed by atoms with Crippen molar-refractivity contribution in [3.05, 3.63) is 181 Å². The van der Waals surface area contributed by atoms with E-state index in [1.165, 1.54) is 65.9 Å². The maximum Gasteiger partial charge on any atom is 0.136 e. The number of para-hydroxylation sites is 3. The first-order chi connectivity index (χ1) is 26.6. The molecule has 0 N–H and O–H groups in total. The van der Waals surface area contributed by atoms with Gasteiger partial charge in [-0.1, -0.05) is 129 Å². The van der Waals surface area contributed by atoms with Crippen molar-refractivity contribution in [2.45, 2.75) is 19.3 Å². The first kappa shape index (κ1) is 29.7. The summed E-state index contributed by atoms with van der Waals surface area (Å²) in [5.41, 5.74) is 16.6. The zero-order valence-corrected chi connectivity index (χ0v) is 30.0. The molecule has 3 aromatic heterocycles.